The Kier molecular flexibility index (Phi) is 4.56. The summed E-state index contributed by atoms with van der Waals surface area (Å²) in [6.45, 7) is 0. The van der Waals surface area contributed by atoms with E-state index < -0.39 is 10.8 Å². The van der Waals surface area contributed by atoms with Gasteiger partial charge in [-0.05, 0) is 46.9 Å². The van der Waals surface area contributed by atoms with Crippen LogP contribution in [0.25, 0.3) is 0 Å². The Bertz CT molecular complexity index is 691. The SMILES string of the molecule is O=C(Nc1ccc(I)cc1Cl)c1cccc([N+](=O)[O-])c1. The van der Waals surface area contributed by atoms with Gasteiger partial charge < -0.3 is 5.32 Å². The Morgan fingerprint density at radius 2 is 2.00 bits per heavy atom. The topological polar surface area (TPSA) is 72.2 Å². The maximum absolute atomic E-state index is 12.0. The highest BCUT2D eigenvalue weighted by Crippen LogP contribution is 2.24. The number of amides is 1. The number of nitrogens with zero attached hydrogens (tertiary/aromatic N) is 1. The molecule has 0 aliphatic heterocycles. The molecule has 0 aliphatic rings. The fraction of sp³-hybridized carbons (Fsp3) is 0. The van der Waals surface area contributed by atoms with Gasteiger partial charge in [0, 0.05) is 21.3 Å². The molecule has 0 atom stereocenters. The Morgan fingerprint density at radius 3 is 2.65 bits per heavy atom. The van der Waals surface area contributed by atoms with E-state index in [1.165, 1.54) is 24.3 Å². The third kappa shape index (κ3) is 3.45. The number of nitrogens with one attached hydrogen (secondary N) is 1. The number of hydrogen-bond acceptors (Lipinski definition) is 3. The maximum atomic E-state index is 12.0. The summed E-state index contributed by atoms with van der Waals surface area (Å²) >= 11 is 8.12. The van der Waals surface area contributed by atoms with Crippen molar-refractivity contribution in [2.45, 2.75) is 0 Å². The zero-order valence-electron chi connectivity index (χ0n) is 9.97. The molecule has 0 bridgehead atoms. The van der Waals surface area contributed by atoms with Crippen LogP contribution in [0, 0.1) is 13.7 Å². The molecule has 0 aliphatic carbocycles. The number of non-ortho nitro benzene ring substituents is 1. The van der Waals surface area contributed by atoms with Gasteiger partial charge in [-0.2, -0.15) is 0 Å². The van der Waals surface area contributed by atoms with E-state index >= 15 is 0 Å². The second-order valence-corrected chi connectivity index (χ2v) is 5.54. The van der Waals surface area contributed by atoms with Crippen LogP contribution in [0.5, 0.6) is 0 Å². The van der Waals surface area contributed by atoms with Crippen molar-refractivity contribution in [1.29, 1.82) is 0 Å². The number of rotatable bonds is 3. The summed E-state index contributed by atoms with van der Waals surface area (Å²) in [7, 11) is 0. The van der Waals surface area contributed by atoms with Crippen LogP contribution in [-0.4, -0.2) is 10.8 Å². The molecule has 2 aromatic rings. The first kappa shape index (κ1) is 14.7. The number of nitro benzene ring substituents is 1. The molecular weight excluding hydrogens is 395 g/mol. The van der Waals surface area contributed by atoms with Gasteiger partial charge in [0.2, 0.25) is 0 Å². The zero-order chi connectivity index (χ0) is 14.7. The third-order valence-electron chi connectivity index (χ3n) is 2.50. The minimum absolute atomic E-state index is 0.133. The van der Waals surface area contributed by atoms with E-state index in [4.69, 9.17) is 11.6 Å². The lowest BCUT2D eigenvalue weighted by Crippen LogP contribution is -2.12. The van der Waals surface area contributed by atoms with Crippen LogP contribution in [0.15, 0.2) is 42.5 Å². The summed E-state index contributed by atoms with van der Waals surface area (Å²) in [4.78, 5) is 22.2. The maximum Gasteiger partial charge on any atom is 0.270 e. The Hall–Kier alpha value is -1.67. The predicted molar refractivity (Wildman–Crippen MR) is 85.2 cm³/mol. The molecule has 2 aromatic carbocycles. The molecule has 0 aromatic heterocycles. The molecule has 0 heterocycles. The highest BCUT2D eigenvalue weighted by atomic mass is 127. The molecule has 1 N–H and O–H groups in total. The molecule has 5 nitrogen and oxygen atoms in total. The van der Waals surface area contributed by atoms with E-state index in [9.17, 15) is 14.9 Å². The first-order chi connectivity index (χ1) is 9.47. The third-order valence-corrected chi connectivity index (χ3v) is 3.48. The number of hydrogen-bond donors (Lipinski definition) is 1. The second kappa shape index (κ2) is 6.19. The highest BCUT2D eigenvalue weighted by molar-refractivity contribution is 14.1. The van der Waals surface area contributed by atoms with Gasteiger partial charge in [-0.3, -0.25) is 14.9 Å². The summed E-state index contributed by atoms with van der Waals surface area (Å²) in [6.07, 6.45) is 0. The summed E-state index contributed by atoms with van der Waals surface area (Å²) in [5.41, 5.74) is 0.531. The van der Waals surface area contributed by atoms with Crippen LogP contribution in [0.3, 0.4) is 0 Å². The fourth-order valence-corrected chi connectivity index (χ4v) is 2.45. The van der Waals surface area contributed by atoms with Gasteiger partial charge in [0.05, 0.1) is 15.6 Å². The summed E-state index contributed by atoms with van der Waals surface area (Å²) in [5, 5.41) is 13.7. The van der Waals surface area contributed by atoms with Crippen molar-refractivity contribution in [2.24, 2.45) is 0 Å². The van der Waals surface area contributed by atoms with Crippen LogP contribution >= 0.6 is 34.2 Å². The summed E-state index contributed by atoms with van der Waals surface area (Å²) < 4.78 is 0.945. The lowest BCUT2D eigenvalue weighted by molar-refractivity contribution is -0.384. The molecular formula is C13H8ClIN2O3. The van der Waals surface area contributed by atoms with Crippen molar-refractivity contribution in [3.05, 3.63) is 66.7 Å². The molecule has 1 amide bonds. The molecule has 20 heavy (non-hydrogen) atoms. The van der Waals surface area contributed by atoms with Gasteiger partial charge in [-0.15, -0.1) is 0 Å². The molecule has 7 heteroatoms. The van der Waals surface area contributed by atoms with Crippen LogP contribution in [0.4, 0.5) is 11.4 Å². The Labute approximate surface area is 133 Å². The molecule has 0 fully saturated rings. The number of halogens is 2. The quantitative estimate of drug-likeness (QED) is 0.477. The van der Waals surface area contributed by atoms with Gasteiger partial charge >= 0.3 is 0 Å². The fourth-order valence-electron chi connectivity index (χ4n) is 1.55. The molecule has 0 saturated heterocycles. The van der Waals surface area contributed by atoms with Crippen molar-refractivity contribution >= 4 is 51.5 Å². The number of carbonyl (C=O) groups is 1. The monoisotopic (exact) mass is 402 g/mol. The van der Waals surface area contributed by atoms with Gasteiger partial charge in [-0.1, -0.05) is 17.7 Å². The average Bonchev–Trinajstić information content (AvgIpc) is 2.42. The van der Waals surface area contributed by atoms with E-state index in [1.807, 2.05) is 0 Å². The molecule has 102 valence electrons. The average molecular weight is 403 g/mol. The van der Waals surface area contributed by atoms with Crippen molar-refractivity contribution < 1.29 is 9.72 Å². The zero-order valence-corrected chi connectivity index (χ0v) is 12.9. The van der Waals surface area contributed by atoms with Crippen LogP contribution in [0.1, 0.15) is 10.4 Å². The lowest BCUT2D eigenvalue weighted by atomic mass is 10.2. The second-order valence-electron chi connectivity index (χ2n) is 3.89. The predicted octanol–water partition coefficient (Wildman–Crippen LogP) is 4.11. The van der Waals surface area contributed by atoms with Crippen molar-refractivity contribution in [1.82, 2.24) is 0 Å². The van der Waals surface area contributed by atoms with Crippen molar-refractivity contribution in [3.8, 4) is 0 Å². The molecule has 0 radical (unpaired) electrons. The van der Waals surface area contributed by atoms with Gasteiger partial charge in [0.25, 0.3) is 11.6 Å². The van der Waals surface area contributed by atoms with Gasteiger partial charge in [-0.25, -0.2) is 0 Å². The smallest absolute Gasteiger partial charge is 0.270 e. The molecule has 0 spiro atoms. The van der Waals surface area contributed by atoms with Gasteiger partial charge in [0.1, 0.15) is 0 Å². The normalized spacial score (nSPS) is 10.1. The Balaban J connectivity index is 2.24. The van der Waals surface area contributed by atoms with Gasteiger partial charge in [0.15, 0.2) is 0 Å². The first-order valence-electron chi connectivity index (χ1n) is 5.48. The minimum atomic E-state index is -0.547. The first-order valence-corrected chi connectivity index (χ1v) is 6.94. The van der Waals surface area contributed by atoms with E-state index in [2.05, 4.69) is 27.9 Å². The van der Waals surface area contributed by atoms with Crippen LogP contribution < -0.4 is 5.32 Å². The van der Waals surface area contributed by atoms with E-state index in [-0.39, 0.29) is 11.3 Å². The lowest BCUT2D eigenvalue weighted by Gasteiger charge is -2.07. The van der Waals surface area contributed by atoms with Crippen molar-refractivity contribution in [2.75, 3.05) is 5.32 Å². The standard InChI is InChI=1S/C13H8ClIN2O3/c14-11-7-9(15)4-5-12(11)16-13(18)8-2-1-3-10(6-8)17(19)20/h1-7H,(H,16,18). The van der Waals surface area contributed by atoms with Crippen molar-refractivity contribution in [3.63, 3.8) is 0 Å². The minimum Gasteiger partial charge on any atom is -0.321 e. The molecule has 0 saturated carbocycles. The van der Waals surface area contributed by atoms with E-state index in [0.29, 0.717) is 10.7 Å². The van der Waals surface area contributed by atoms with E-state index in [0.717, 1.165) is 3.57 Å². The summed E-state index contributed by atoms with van der Waals surface area (Å²) in [6, 6.07) is 10.7. The van der Waals surface area contributed by atoms with Crippen LogP contribution in [0.2, 0.25) is 5.02 Å². The number of benzene rings is 2. The van der Waals surface area contributed by atoms with Crippen LogP contribution in [-0.2, 0) is 0 Å². The van der Waals surface area contributed by atoms with E-state index in [1.54, 1.807) is 18.2 Å². The highest BCUT2D eigenvalue weighted by Gasteiger charge is 2.12. The molecule has 2 rings (SSSR count). The largest absolute Gasteiger partial charge is 0.321 e. The number of carbonyl (C=O) groups excluding carboxylic acids is 1. The summed E-state index contributed by atoms with van der Waals surface area (Å²) in [5.74, 6) is -0.447. The Morgan fingerprint density at radius 1 is 1.25 bits per heavy atom. The number of anilines is 1. The number of nitro groups is 1. The molecule has 0 unspecified atom stereocenters.